The van der Waals surface area contributed by atoms with E-state index in [0.717, 1.165) is 12.8 Å². The van der Waals surface area contributed by atoms with Gasteiger partial charge in [0.05, 0.1) is 0 Å². The predicted molar refractivity (Wildman–Crippen MR) is 121 cm³/mol. The third kappa shape index (κ3) is 6.28. The average Bonchev–Trinajstić information content (AvgIpc) is 2.74. The molecule has 30 heavy (non-hydrogen) atoms. The van der Waals surface area contributed by atoms with Crippen molar-refractivity contribution in [2.75, 3.05) is 20.6 Å². The number of hydrogen-bond donors (Lipinski definition) is 1. The lowest BCUT2D eigenvalue weighted by atomic mass is 9.86. The summed E-state index contributed by atoms with van der Waals surface area (Å²) in [6.07, 6.45) is 12.2. The summed E-state index contributed by atoms with van der Waals surface area (Å²) in [7, 11) is 3.37. The Kier molecular flexibility index (Phi) is 9.78. The van der Waals surface area contributed by atoms with E-state index in [1.54, 1.807) is 43.3 Å². The largest absolute Gasteiger partial charge is 0.374 e. The molecule has 0 bridgehead atoms. The number of likely N-dealkylation sites (N-methyl/N-ethyl adjacent to an activating group) is 1. The minimum Gasteiger partial charge on any atom is -0.374 e. The first kappa shape index (κ1) is 23.8. The minimum absolute atomic E-state index is 0.0456. The van der Waals surface area contributed by atoms with Gasteiger partial charge in [-0.3, -0.25) is 14.4 Å². The predicted octanol–water partition coefficient (Wildman–Crippen LogP) is 4.92. The summed E-state index contributed by atoms with van der Waals surface area (Å²) in [4.78, 5) is 40.1. The number of ketones is 2. The van der Waals surface area contributed by atoms with Gasteiger partial charge in [-0.25, -0.2) is 0 Å². The fourth-order valence-corrected chi connectivity index (χ4v) is 3.90. The van der Waals surface area contributed by atoms with E-state index in [-0.39, 0.29) is 22.8 Å². The van der Waals surface area contributed by atoms with Gasteiger partial charge in [0.1, 0.15) is 11.3 Å². The van der Waals surface area contributed by atoms with Gasteiger partial charge in [0.2, 0.25) is 11.6 Å². The van der Waals surface area contributed by atoms with Crippen LogP contribution >= 0.6 is 0 Å². The van der Waals surface area contributed by atoms with Crippen molar-refractivity contribution in [3.8, 4) is 0 Å². The molecule has 5 heteroatoms. The van der Waals surface area contributed by atoms with Crippen LogP contribution < -0.4 is 5.32 Å². The molecule has 1 aliphatic carbocycles. The van der Waals surface area contributed by atoms with Crippen molar-refractivity contribution in [1.29, 1.82) is 0 Å². The number of amides is 1. The molecule has 1 N–H and O–H groups in total. The number of allylic oxidation sites excluding steroid dienone is 1. The van der Waals surface area contributed by atoms with E-state index in [1.165, 1.54) is 51.4 Å². The fraction of sp³-hybridized carbons (Fsp3) is 0.560. The molecule has 0 saturated heterocycles. The van der Waals surface area contributed by atoms with Gasteiger partial charge in [0, 0.05) is 31.8 Å². The van der Waals surface area contributed by atoms with Crippen molar-refractivity contribution in [3.63, 3.8) is 0 Å². The van der Waals surface area contributed by atoms with E-state index >= 15 is 0 Å². The molecule has 5 nitrogen and oxygen atoms in total. The molecule has 0 fully saturated rings. The summed E-state index contributed by atoms with van der Waals surface area (Å²) < 4.78 is 0. The Hall–Kier alpha value is -2.43. The zero-order valence-electron chi connectivity index (χ0n) is 18.8. The van der Waals surface area contributed by atoms with Crippen LogP contribution in [0.4, 0.5) is 0 Å². The maximum Gasteiger partial charge on any atom is 0.257 e. The molecule has 0 aromatic heterocycles. The minimum atomic E-state index is -0.456. The monoisotopic (exact) mass is 412 g/mol. The van der Waals surface area contributed by atoms with Crippen LogP contribution in [0.5, 0.6) is 0 Å². The standard InChI is InChI=1S/C25H36N2O3/c1-4-5-6-7-8-9-10-11-12-15-18-26-25(30)21-22(27(2)3)24(29)20-17-14-13-16-19(20)23(21)28/h13-14,16-17H,4-12,15,18H2,1-3H3,(H,26,30). The molecule has 0 unspecified atom stereocenters. The lowest BCUT2D eigenvalue weighted by Crippen LogP contribution is -2.38. The SMILES string of the molecule is CCCCCCCCCCCCNC(=O)C1=C(N(C)C)C(=O)c2ccccc2C1=O. The third-order valence-electron chi connectivity index (χ3n) is 5.59. The van der Waals surface area contributed by atoms with Gasteiger partial charge in [-0.1, -0.05) is 89.0 Å². The number of carbonyl (C=O) groups is 3. The highest BCUT2D eigenvalue weighted by Gasteiger charge is 2.36. The first-order valence-electron chi connectivity index (χ1n) is 11.4. The van der Waals surface area contributed by atoms with Crippen LogP contribution in [0.3, 0.4) is 0 Å². The number of hydrogen-bond acceptors (Lipinski definition) is 4. The van der Waals surface area contributed by atoms with Crippen molar-refractivity contribution in [3.05, 3.63) is 46.7 Å². The summed E-state index contributed by atoms with van der Waals surface area (Å²) in [5, 5.41) is 2.85. The highest BCUT2D eigenvalue weighted by molar-refractivity contribution is 6.36. The number of unbranched alkanes of at least 4 members (excludes halogenated alkanes) is 9. The van der Waals surface area contributed by atoms with Crippen LogP contribution in [0.25, 0.3) is 0 Å². The summed E-state index contributed by atoms with van der Waals surface area (Å²) in [6, 6.07) is 6.69. The average molecular weight is 413 g/mol. The van der Waals surface area contributed by atoms with Gasteiger partial charge >= 0.3 is 0 Å². The zero-order valence-corrected chi connectivity index (χ0v) is 18.8. The molecule has 0 radical (unpaired) electrons. The van der Waals surface area contributed by atoms with Crippen molar-refractivity contribution in [2.24, 2.45) is 0 Å². The highest BCUT2D eigenvalue weighted by Crippen LogP contribution is 2.27. The van der Waals surface area contributed by atoms with Gasteiger partial charge < -0.3 is 10.2 Å². The summed E-state index contributed by atoms with van der Waals surface area (Å²) >= 11 is 0. The zero-order chi connectivity index (χ0) is 21.9. The van der Waals surface area contributed by atoms with E-state index in [2.05, 4.69) is 12.2 Å². The lowest BCUT2D eigenvalue weighted by Gasteiger charge is -2.25. The normalized spacial score (nSPS) is 13.4. The van der Waals surface area contributed by atoms with E-state index in [0.29, 0.717) is 17.7 Å². The van der Waals surface area contributed by atoms with Gasteiger partial charge in [0.15, 0.2) is 0 Å². The lowest BCUT2D eigenvalue weighted by molar-refractivity contribution is -0.117. The van der Waals surface area contributed by atoms with Crippen molar-refractivity contribution in [2.45, 2.75) is 71.1 Å². The van der Waals surface area contributed by atoms with E-state index < -0.39 is 5.91 Å². The second-order valence-electron chi connectivity index (χ2n) is 8.26. The quantitative estimate of drug-likeness (QED) is 0.369. The Bertz CT molecular complexity index is 780. The van der Waals surface area contributed by atoms with Crippen LogP contribution in [0.2, 0.25) is 0 Å². The molecule has 1 aromatic rings. The molecule has 1 aromatic carbocycles. The van der Waals surface area contributed by atoms with Gasteiger partial charge in [-0.2, -0.15) is 0 Å². The number of nitrogens with one attached hydrogen (secondary N) is 1. The number of carbonyl (C=O) groups excluding carboxylic acids is 3. The van der Waals surface area contributed by atoms with Crippen molar-refractivity contribution in [1.82, 2.24) is 10.2 Å². The van der Waals surface area contributed by atoms with E-state index in [4.69, 9.17) is 0 Å². The maximum absolute atomic E-state index is 12.9. The van der Waals surface area contributed by atoms with Crippen LogP contribution in [-0.4, -0.2) is 43.0 Å². The Balaban J connectivity index is 1.82. The molecule has 164 valence electrons. The molecule has 1 aliphatic rings. The van der Waals surface area contributed by atoms with Crippen molar-refractivity contribution >= 4 is 17.5 Å². The Morgan fingerprint density at radius 2 is 1.30 bits per heavy atom. The van der Waals surface area contributed by atoms with Crippen LogP contribution in [0.15, 0.2) is 35.5 Å². The molecule has 1 amide bonds. The topological polar surface area (TPSA) is 66.5 Å². The van der Waals surface area contributed by atoms with E-state index in [1.807, 2.05) is 0 Å². The smallest absolute Gasteiger partial charge is 0.257 e. The number of nitrogens with zero attached hydrogens (tertiary/aromatic N) is 1. The van der Waals surface area contributed by atoms with Gasteiger partial charge in [0.25, 0.3) is 5.91 Å². The third-order valence-corrected chi connectivity index (χ3v) is 5.59. The maximum atomic E-state index is 12.9. The van der Waals surface area contributed by atoms with Crippen LogP contribution in [0, 0.1) is 0 Å². The van der Waals surface area contributed by atoms with Gasteiger partial charge in [-0.05, 0) is 6.42 Å². The first-order chi connectivity index (χ1) is 14.5. The number of rotatable bonds is 13. The molecule has 0 spiro atoms. The fourth-order valence-electron chi connectivity index (χ4n) is 3.90. The molecular formula is C25H36N2O3. The van der Waals surface area contributed by atoms with Gasteiger partial charge in [-0.15, -0.1) is 0 Å². The first-order valence-corrected chi connectivity index (χ1v) is 11.4. The molecule has 2 rings (SSSR count). The van der Waals surface area contributed by atoms with E-state index in [9.17, 15) is 14.4 Å². The molecule has 0 atom stereocenters. The Morgan fingerprint density at radius 1 is 0.800 bits per heavy atom. The number of Topliss-reactive ketones (excluding diaryl/α,β-unsaturated/α-hetero) is 2. The number of fused-ring (bicyclic) bond motifs is 1. The van der Waals surface area contributed by atoms with Crippen LogP contribution in [-0.2, 0) is 4.79 Å². The summed E-state index contributed by atoms with van der Waals surface area (Å²) in [6.45, 7) is 2.75. The van der Waals surface area contributed by atoms with Crippen LogP contribution in [0.1, 0.15) is 91.8 Å². The Morgan fingerprint density at radius 3 is 1.83 bits per heavy atom. The Labute approximate surface area is 180 Å². The highest BCUT2D eigenvalue weighted by atomic mass is 16.2. The number of benzene rings is 1. The van der Waals surface area contributed by atoms with Crippen molar-refractivity contribution < 1.29 is 14.4 Å². The molecule has 0 heterocycles. The molecule has 0 saturated carbocycles. The summed E-state index contributed by atoms with van der Waals surface area (Å²) in [5.74, 6) is -1.11. The molecule has 0 aliphatic heterocycles. The summed E-state index contributed by atoms with van der Waals surface area (Å²) in [5.41, 5.74) is 0.782. The second-order valence-corrected chi connectivity index (χ2v) is 8.26. The molecular weight excluding hydrogens is 376 g/mol. The second kappa shape index (κ2) is 12.3.